The normalized spacial score (nSPS) is 27.9. The number of piperidine rings is 1. The number of fused-ring (bicyclic) bond motifs is 1. The third-order valence-corrected chi connectivity index (χ3v) is 9.97. The summed E-state index contributed by atoms with van der Waals surface area (Å²) < 4.78 is 5.56. The molecule has 45 heavy (non-hydrogen) atoms. The van der Waals surface area contributed by atoms with E-state index in [0.717, 1.165) is 31.4 Å². The van der Waals surface area contributed by atoms with Gasteiger partial charge in [-0.25, -0.2) is 0 Å². The smallest absolute Gasteiger partial charge is 0.326 e. The van der Waals surface area contributed by atoms with Crippen LogP contribution in [0.25, 0.3) is 0 Å². The van der Waals surface area contributed by atoms with Crippen molar-refractivity contribution in [1.82, 2.24) is 15.1 Å². The van der Waals surface area contributed by atoms with Crippen molar-refractivity contribution in [2.24, 2.45) is 11.8 Å². The number of rotatable bonds is 10. The van der Waals surface area contributed by atoms with E-state index in [0.29, 0.717) is 23.8 Å². The fourth-order valence-corrected chi connectivity index (χ4v) is 7.95. The number of esters is 1. The van der Waals surface area contributed by atoms with E-state index in [-0.39, 0.29) is 55.6 Å². The number of aliphatic hydroxyl groups is 1. The van der Waals surface area contributed by atoms with Gasteiger partial charge in [0.25, 0.3) is 0 Å². The zero-order valence-electron chi connectivity index (χ0n) is 27.4. The van der Waals surface area contributed by atoms with E-state index in [1.807, 2.05) is 81.4 Å². The molecule has 6 atom stereocenters. The lowest BCUT2D eigenvalue weighted by atomic mass is 9.72. The van der Waals surface area contributed by atoms with Gasteiger partial charge in [0.2, 0.25) is 11.8 Å². The van der Waals surface area contributed by atoms with Gasteiger partial charge in [-0.15, -0.1) is 0 Å². The molecule has 0 spiro atoms. The number of likely N-dealkylation sites (tertiary alicyclic amines) is 2. The summed E-state index contributed by atoms with van der Waals surface area (Å²) in [7, 11) is 0. The number of carbonyl (C=O) groups excluding carboxylic acids is 3. The zero-order valence-corrected chi connectivity index (χ0v) is 27.4. The van der Waals surface area contributed by atoms with Crippen LogP contribution in [0.3, 0.4) is 0 Å². The summed E-state index contributed by atoms with van der Waals surface area (Å²) in [6.07, 6.45) is 5.42. The van der Waals surface area contributed by atoms with Crippen molar-refractivity contribution in [2.75, 3.05) is 26.2 Å². The Morgan fingerprint density at radius 1 is 1.00 bits per heavy atom. The summed E-state index contributed by atoms with van der Waals surface area (Å²) in [5.41, 5.74) is -0.167. The minimum atomic E-state index is -1.48. The minimum absolute atomic E-state index is 0.00309. The number of nitrogens with one attached hydrogen (secondary N) is 1. The predicted molar refractivity (Wildman–Crippen MR) is 174 cm³/mol. The van der Waals surface area contributed by atoms with Gasteiger partial charge in [-0.05, 0) is 76.3 Å². The molecule has 2 amide bonds. The van der Waals surface area contributed by atoms with Gasteiger partial charge in [-0.3, -0.25) is 19.3 Å². The van der Waals surface area contributed by atoms with Gasteiger partial charge in [0.1, 0.15) is 0 Å². The fraction of sp³-hybridized carbons (Fsp3) is 0.595. The SMILES string of the molecule is CCOC(=O)C1(c2ccccc2)C[C@H](Cc2ccccc2)N(C[C@H](O)CN2C[C@H]3CCCC[C@H]3C[C@H]2C(=O)NC(C)(C)C)C1=O. The van der Waals surface area contributed by atoms with Crippen molar-refractivity contribution in [2.45, 2.75) is 102 Å². The molecule has 0 aromatic heterocycles. The highest BCUT2D eigenvalue weighted by atomic mass is 16.5. The van der Waals surface area contributed by atoms with Crippen LogP contribution < -0.4 is 5.32 Å². The van der Waals surface area contributed by atoms with Crippen molar-refractivity contribution < 1.29 is 24.2 Å². The summed E-state index contributed by atoms with van der Waals surface area (Å²) >= 11 is 0. The minimum Gasteiger partial charge on any atom is -0.465 e. The van der Waals surface area contributed by atoms with Gasteiger partial charge in [0.15, 0.2) is 5.41 Å². The van der Waals surface area contributed by atoms with Gasteiger partial charge in [0.05, 0.1) is 18.8 Å². The molecule has 2 N–H and O–H groups in total. The Labute approximate surface area is 268 Å². The summed E-state index contributed by atoms with van der Waals surface area (Å²) in [5, 5.41) is 14.9. The Morgan fingerprint density at radius 3 is 2.29 bits per heavy atom. The van der Waals surface area contributed by atoms with E-state index in [2.05, 4.69) is 10.2 Å². The second kappa shape index (κ2) is 14.0. The molecule has 3 aliphatic rings. The first kappa shape index (κ1) is 33.1. The van der Waals surface area contributed by atoms with Crippen LogP contribution in [0.15, 0.2) is 60.7 Å². The first-order valence-electron chi connectivity index (χ1n) is 16.8. The number of ether oxygens (including phenoxy) is 1. The van der Waals surface area contributed by atoms with Crippen molar-refractivity contribution in [3.05, 3.63) is 71.8 Å². The Hall–Kier alpha value is -3.23. The Kier molecular flexibility index (Phi) is 10.3. The van der Waals surface area contributed by atoms with E-state index in [1.165, 1.54) is 12.8 Å². The van der Waals surface area contributed by atoms with E-state index >= 15 is 0 Å². The number of hydrogen-bond acceptors (Lipinski definition) is 6. The van der Waals surface area contributed by atoms with E-state index in [4.69, 9.17) is 4.74 Å². The van der Waals surface area contributed by atoms with Crippen molar-refractivity contribution >= 4 is 17.8 Å². The lowest BCUT2D eigenvalue weighted by Crippen LogP contribution is -2.59. The molecule has 1 saturated carbocycles. The largest absolute Gasteiger partial charge is 0.465 e. The summed E-state index contributed by atoms with van der Waals surface area (Å²) in [5.74, 6) is 0.158. The van der Waals surface area contributed by atoms with Crippen LogP contribution in [0, 0.1) is 11.8 Å². The molecule has 2 aromatic carbocycles. The van der Waals surface area contributed by atoms with E-state index in [9.17, 15) is 19.5 Å². The maximum atomic E-state index is 14.5. The number of amides is 2. The molecule has 244 valence electrons. The lowest BCUT2D eigenvalue weighted by molar-refractivity contribution is -0.155. The van der Waals surface area contributed by atoms with Crippen LogP contribution in [0.1, 0.15) is 77.3 Å². The average molecular weight is 618 g/mol. The van der Waals surface area contributed by atoms with Gasteiger partial charge in [-0.1, -0.05) is 79.9 Å². The van der Waals surface area contributed by atoms with Gasteiger partial charge in [0, 0.05) is 31.2 Å². The molecule has 1 aliphatic carbocycles. The number of aliphatic hydroxyl groups excluding tert-OH is 1. The van der Waals surface area contributed by atoms with E-state index < -0.39 is 17.5 Å². The third kappa shape index (κ3) is 7.44. The molecule has 1 unspecified atom stereocenters. The maximum Gasteiger partial charge on any atom is 0.326 e. The monoisotopic (exact) mass is 617 g/mol. The second-order valence-electron chi connectivity index (χ2n) is 14.4. The molecule has 8 nitrogen and oxygen atoms in total. The number of benzene rings is 2. The van der Waals surface area contributed by atoms with Crippen LogP contribution in [-0.4, -0.2) is 82.7 Å². The van der Waals surface area contributed by atoms with Gasteiger partial charge < -0.3 is 20.1 Å². The Balaban J connectivity index is 1.41. The molecule has 0 radical (unpaired) electrons. The predicted octanol–water partition coefficient (Wildman–Crippen LogP) is 4.49. The molecule has 3 fully saturated rings. The van der Waals surface area contributed by atoms with Crippen LogP contribution in [0.2, 0.25) is 0 Å². The number of nitrogens with zero attached hydrogens (tertiary/aromatic N) is 2. The number of β-amino-alcohol motifs (C(OH)–C–C–N with tert-alkyl or cyclic N) is 1. The van der Waals surface area contributed by atoms with Crippen LogP contribution in [0.4, 0.5) is 0 Å². The molecular weight excluding hydrogens is 566 g/mol. The molecular formula is C37H51N3O5. The highest BCUT2D eigenvalue weighted by molar-refractivity contribution is 6.10. The number of carbonyl (C=O) groups is 3. The molecule has 2 saturated heterocycles. The highest BCUT2D eigenvalue weighted by Crippen LogP contribution is 2.42. The van der Waals surface area contributed by atoms with Crippen LogP contribution in [0.5, 0.6) is 0 Å². The Morgan fingerprint density at radius 2 is 1.64 bits per heavy atom. The molecule has 2 heterocycles. The fourth-order valence-electron chi connectivity index (χ4n) is 7.95. The molecule has 8 heteroatoms. The zero-order chi connectivity index (χ0) is 32.2. The van der Waals surface area contributed by atoms with Gasteiger partial charge in [-0.2, -0.15) is 0 Å². The molecule has 5 rings (SSSR count). The highest BCUT2D eigenvalue weighted by Gasteiger charge is 2.59. The molecule has 2 aliphatic heterocycles. The maximum absolute atomic E-state index is 14.5. The summed E-state index contributed by atoms with van der Waals surface area (Å²) in [4.78, 5) is 45.7. The summed E-state index contributed by atoms with van der Waals surface area (Å²) in [6.45, 7) is 9.01. The number of hydrogen-bond donors (Lipinski definition) is 2. The van der Waals surface area contributed by atoms with Crippen molar-refractivity contribution in [3.8, 4) is 0 Å². The lowest BCUT2D eigenvalue weighted by Gasteiger charge is -2.46. The van der Waals surface area contributed by atoms with E-state index in [1.54, 1.807) is 11.8 Å². The first-order valence-corrected chi connectivity index (χ1v) is 16.8. The topological polar surface area (TPSA) is 99.2 Å². The molecule has 0 bridgehead atoms. The molecule has 2 aromatic rings. The van der Waals surface area contributed by atoms with Crippen LogP contribution in [-0.2, 0) is 31.0 Å². The quantitative estimate of drug-likeness (QED) is 0.301. The second-order valence-corrected chi connectivity index (χ2v) is 14.4. The van der Waals surface area contributed by atoms with Crippen LogP contribution >= 0.6 is 0 Å². The first-order chi connectivity index (χ1) is 21.5. The average Bonchev–Trinajstić information content (AvgIpc) is 3.28. The van der Waals surface area contributed by atoms with Gasteiger partial charge >= 0.3 is 5.97 Å². The third-order valence-electron chi connectivity index (χ3n) is 9.97. The standard InChI is InChI=1S/C37H51N3O5/c1-5-45-35(44)37(29-18-10-7-11-19-29)22-30(20-26-14-8-6-9-15-26)40(34(37)43)25-31(41)24-39-23-28-17-13-12-16-27(28)21-32(39)33(42)38-36(2,3)4/h6-11,14-15,18-19,27-28,30-32,41H,5,12-13,16-17,20-25H2,1-4H3,(H,38,42)/t27-,28+,30-,31+,32-,37?/m0/s1. The van der Waals surface area contributed by atoms with Crippen molar-refractivity contribution in [3.63, 3.8) is 0 Å². The summed E-state index contributed by atoms with van der Waals surface area (Å²) in [6, 6.07) is 18.5. The van der Waals surface area contributed by atoms with Crippen molar-refractivity contribution in [1.29, 1.82) is 0 Å². The Bertz CT molecular complexity index is 1310.